The predicted octanol–water partition coefficient (Wildman–Crippen LogP) is 3.21. The highest BCUT2D eigenvalue weighted by Gasteiger charge is 2.15. The molecule has 0 bridgehead atoms. The van der Waals surface area contributed by atoms with E-state index in [1.807, 2.05) is 6.92 Å². The molecule has 0 radical (unpaired) electrons. The SMILES string of the molecule is CCNc1nnc(-c2ccc(C(S)CS)cc2F)o1. The van der Waals surface area contributed by atoms with Crippen LogP contribution in [-0.4, -0.2) is 22.5 Å². The Morgan fingerprint density at radius 3 is 2.84 bits per heavy atom. The number of benzene rings is 1. The van der Waals surface area contributed by atoms with Crippen LogP contribution in [0.25, 0.3) is 11.5 Å². The smallest absolute Gasteiger partial charge is 0.315 e. The maximum Gasteiger partial charge on any atom is 0.315 e. The molecule has 1 heterocycles. The molecule has 0 aliphatic rings. The zero-order valence-corrected chi connectivity index (χ0v) is 12.1. The molecule has 4 nitrogen and oxygen atoms in total. The summed E-state index contributed by atoms with van der Waals surface area (Å²) in [6.07, 6.45) is 0. The lowest BCUT2D eigenvalue weighted by molar-refractivity contribution is 0.569. The van der Waals surface area contributed by atoms with Crippen LogP contribution < -0.4 is 5.32 Å². The number of anilines is 1. The standard InChI is InChI=1S/C12H14FN3OS2/c1-2-14-12-16-15-11(17-12)8-4-3-7(5-9(8)13)10(19)6-18/h3-5,10,18-19H,2,6H2,1H3,(H,14,16). The summed E-state index contributed by atoms with van der Waals surface area (Å²) in [6, 6.07) is 5.09. The van der Waals surface area contributed by atoms with E-state index in [1.54, 1.807) is 12.1 Å². The molecule has 1 N–H and O–H groups in total. The lowest BCUT2D eigenvalue weighted by atomic mass is 10.1. The highest BCUT2D eigenvalue weighted by molar-refractivity contribution is 7.84. The van der Waals surface area contributed by atoms with Gasteiger partial charge in [-0.25, -0.2) is 4.39 Å². The van der Waals surface area contributed by atoms with Gasteiger partial charge in [-0.3, -0.25) is 0 Å². The van der Waals surface area contributed by atoms with E-state index < -0.39 is 5.82 Å². The van der Waals surface area contributed by atoms with E-state index in [0.717, 1.165) is 5.56 Å². The van der Waals surface area contributed by atoms with Gasteiger partial charge < -0.3 is 9.73 Å². The molecule has 2 rings (SSSR count). The topological polar surface area (TPSA) is 51.0 Å². The van der Waals surface area contributed by atoms with E-state index in [0.29, 0.717) is 12.3 Å². The maximum atomic E-state index is 14.0. The van der Waals surface area contributed by atoms with Gasteiger partial charge in [-0.15, -0.1) is 5.10 Å². The number of halogens is 1. The number of nitrogens with zero attached hydrogens (tertiary/aromatic N) is 2. The zero-order chi connectivity index (χ0) is 13.8. The van der Waals surface area contributed by atoms with Crippen molar-refractivity contribution in [2.75, 3.05) is 17.6 Å². The third-order valence-corrected chi connectivity index (χ3v) is 3.67. The Hall–Kier alpha value is -1.21. The Morgan fingerprint density at radius 2 is 2.21 bits per heavy atom. The highest BCUT2D eigenvalue weighted by Crippen LogP contribution is 2.28. The van der Waals surface area contributed by atoms with Crippen molar-refractivity contribution in [2.24, 2.45) is 0 Å². The molecule has 0 spiro atoms. The van der Waals surface area contributed by atoms with Crippen molar-refractivity contribution in [3.8, 4) is 11.5 Å². The largest absolute Gasteiger partial charge is 0.403 e. The fourth-order valence-corrected chi connectivity index (χ4v) is 1.94. The first-order chi connectivity index (χ1) is 9.15. The molecular formula is C12H14FN3OS2. The van der Waals surface area contributed by atoms with Gasteiger partial charge in [-0.2, -0.15) is 25.3 Å². The summed E-state index contributed by atoms with van der Waals surface area (Å²) in [5.74, 6) is 0.277. The fourth-order valence-electron chi connectivity index (χ4n) is 1.57. The van der Waals surface area contributed by atoms with Gasteiger partial charge >= 0.3 is 6.01 Å². The molecule has 19 heavy (non-hydrogen) atoms. The minimum Gasteiger partial charge on any atom is -0.403 e. The third-order valence-electron chi connectivity index (χ3n) is 2.53. The Kier molecular flexibility index (Phi) is 4.71. The van der Waals surface area contributed by atoms with Crippen LogP contribution in [0.3, 0.4) is 0 Å². The first-order valence-corrected chi connectivity index (χ1v) is 6.96. The Labute approximate surface area is 121 Å². The molecular weight excluding hydrogens is 285 g/mol. The quantitative estimate of drug-likeness (QED) is 0.742. The van der Waals surface area contributed by atoms with Crippen LogP contribution in [0.4, 0.5) is 10.4 Å². The molecule has 1 aromatic heterocycles. The predicted molar refractivity (Wildman–Crippen MR) is 79.4 cm³/mol. The molecule has 1 aromatic carbocycles. The van der Waals surface area contributed by atoms with Crippen LogP contribution in [0.1, 0.15) is 17.7 Å². The van der Waals surface area contributed by atoms with Crippen molar-refractivity contribution in [1.29, 1.82) is 0 Å². The summed E-state index contributed by atoms with van der Waals surface area (Å²) in [4.78, 5) is 0. The number of aromatic nitrogens is 2. The second kappa shape index (κ2) is 6.29. The Bertz CT molecular complexity index is 562. The molecule has 0 aliphatic heterocycles. The maximum absolute atomic E-state index is 14.0. The second-order valence-electron chi connectivity index (χ2n) is 3.88. The van der Waals surface area contributed by atoms with Gasteiger partial charge in [0.05, 0.1) is 5.56 Å². The minimum absolute atomic E-state index is 0.105. The van der Waals surface area contributed by atoms with Gasteiger partial charge in [-0.05, 0) is 24.6 Å². The lowest BCUT2D eigenvalue weighted by Crippen LogP contribution is -1.95. The van der Waals surface area contributed by atoms with E-state index in [9.17, 15) is 4.39 Å². The van der Waals surface area contributed by atoms with Crippen LogP contribution in [0, 0.1) is 5.82 Å². The van der Waals surface area contributed by atoms with Crippen LogP contribution >= 0.6 is 25.3 Å². The van der Waals surface area contributed by atoms with Crippen LogP contribution in [0.5, 0.6) is 0 Å². The van der Waals surface area contributed by atoms with Crippen molar-refractivity contribution in [3.05, 3.63) is 29.6 Å². The zero-order valence-electron chi connectivity index (χ0n) is 10.3. The Balaban J connectivity index is 2.29. The van der Waals surface area contributed by atoms with E-state index in [4.69, 9.17) is 4.42 Å². The summed E-state index contributed by atoms with van der Waals surface area (Å²) in [6.45, 7) is 2.57. The average Bonchev–Trinajstić information content (AvgIpc) is 2.86. The first-order valence-electron chi connectivity index (χ1n) is 5.81. The van der Waals surface area contributed by atoms with Crippen LogP contribution in [0.2, 0.25) is 0 Å². The van der Waals surface area contributed by atoms with E-state index >= 15 is 0 Å². The number of thiol groups is 2. The molecule has 1 atom stereocenters. The normalized spacial score (nSPS) is 12.4. The Morgan fingerprint density at radius 1 is 1.42 bits per heavy atom. The van der Waals surface area contributed by atoms with Crippen LogP contribution in [0.15, 0.2) is 22.6 Å². The number of hydrogen-bond acceptors (Lipinski definition) is 6. The average molecular weight is 299 g/mol. The van der Waals surface area contributed by atoms with Gasteiger partial charge in [0.1, 0.15) is 5.82 Å². The number of rotatable bonds is 5. The molecule has 0 saturated carbocycles. The number of nitrogens with one attached hydrogen (secondary N) is 1. The third kappa shape index (κ3) is 3.22. The lowest BCUT2D eigenvalue weighted by Gasteiger charge is -2.08. The molecule has 0 saturated heterocycles. The summed E-state index contributed by atoms with van der Waals surface area (Å²) in [7, 11) is 0. The second-order valence-corrected chi connectivity index (χ2v) is 4.87. The van der Waals surface area contributed by atoms with Crippen molar-refractivity contribution in [3.63, 3.8) is 0 Å². The fraction of sp³-hybridized carbons (Fsp3) is 0.333. The minimum atomic E-state index is -0.412. The van der Waals surface area contributed by atoms with Crippen LogP contribution in [-0.2, 0) is 0 Å². The van der Waals surface area contributed by atoms with Gasteiger partial charge in [0, 0.05) is 17.5 Å². The van der Waals surface area contributed by atoms with Gasteiger partial charge in [0.25, 0.3) is 5.89 Å². The summed E-state index contributed by atoms with van der Waals surface area (Å²) >= 11 is 8.45. The van der Waals surface area contributed by atoms with E-state index in [2.05, 4.69) is 40.8 Å². The van der Waals surface area contributed by atoms with E-state index in [1.165, 1.54) is 6.07 Å². The molecule has 0 amide bonds. The summed E-state index contributed by atoms with van der Waals surface area (Å²) in [5, 5.41) is 10.3. The molecule has 0 fully saturated rings. The molecule has 102 valence electrons. The summed E-state index contributed by atoms with van der Waals surface area (Å²) < 4.78 is 19.3. The summed E-state index contributed by atoms with van der Waals surface area (Å²) in [5.41, 5.74) is 1.05. The van der Waals surface area contributed by atoms with Gasteiger partial charge in [0.15, 0.2) is 0 Å². The van der Waals surface area contributed by atoms with Crippen molar-refractivity contribution in [1.82, 2.24) is 10.2 Å². The molecule has 2 aromatic rings. The molecule has 0 aliphatic carbocycles. The first kappa shape index (κ1) is 14.2. The van der Waals surface area contributed by atoms with E-state index in [-0.39, 0.29) is 22.7 Å². The van der Waals surface area contributed by atoms with Crippen molar-refractivity contribution in [2.45, 2.75) is 12.2 Å². The van der Waals surface area contributed by atoms with Crippen molar-refractivity contribution >= 4 is 31.3 Å². The number of hydrogen-bond donors (Lipinski definition) is 3. The molecule has 7 heteroatoms. The molecule has 1 unspecified atom stereocenters. The van der Waals surface area contributed by atoms with Gasteiger partial charge in [-0.1, -0.05) is 11.2 Å². The van der Waals surface area contributed by atoms with Gasteiger partial charge in [0.2, 0.25) is 0 Å². The highest BCUT2D eigenvalue weighted by atomic mass is 32.1. The monoisotopic (exact) mass is 299 g/mol. The van der Waals surface area contributed by atoms with Crippen molar-refractivity contribution < 1.29 is 8.81 Å².